The molecule has 0 rings (SSSR count). The Labute approximate surface area is 92.8 Å². The van der Waals surface area contributed by atoms with Gasteiger partial charge in [-0.05, 0) is 0 Å². The maximum atomic E-state index is 9.83. The minimum atomic E-state index is -4.55. The summed E-state index contributed by atoms with van der Waals surface area (Å²) < 4.78 is 56.9. The average molecular weight is 249 g/mol. The van der Waals surface area contributed by atoms with Gasteiger partial charge in [-0.2, -0.15) is 8.42 Å². The molecular weight excluding hydrogens is 244 g/mol. The van der Waals surface area contributed by atoms with Crippen molar-refractivity contribution in [3.63, 3.8) is 0 Å². The van der Waals surface area contributed by atoms with E-state index in [1.54, 1.807) is 0 Å². The Morgan fingerprint density at radius 1 is 1.08 bits per heavy atom. The molecule has 70 valence electrons. The fraction of sp³-hybridized carbons (Fsp3) is 1.00. The van der Waals surface area contributed by atoms with Gasteiger partial charge in [-0.3, -0.25) is 4.55 Å². The molecule has 0 aromatic heterocycles. The molecule has 0 aromatic carbocycles. The Kier molecular flexibility index (Phi) is 9.85. The van der Waals surface area contributed by atoms with Crippen LogP contribution in [-0.2, 0) is 20.2 Å². The van der Waals surface area contributed by atoms with Gasteiger partial charge in [-0.25, -0.2) is 8.42 Å². The van der Waals surface area contributed by atoms with Crippen LogP contribution in [0.1, 0.15) is 0 Å². The third kappa shape index (κ3) is 17.1. The SMILES string of the molecule is O=S(=O)([O-])CCS(=O)(=O)O.[Cl-].[Mg+2]. The summed E-state index contributed by atoms with van der Waals surface area (Å²) in [7, 11) is -8.88. The van der Waals surface area contributed by atoms with E-state index in [0.717, 1.165) is 0 Å². The zero-order valence-electron chi connectivity index (χ0n) is 5.80. The monoisotopic (exact) mass is 248 g/mol. The molecule has 1 N–H and O–H groups in total. The molecule has 0 atom stereocenters. The summed E-state index contributed by atoms with van der Waals surface area (Å²) in [5.74, 6) is -2.13. The van der Waals surface area contributed by atoms with Crippen LogP contribution in [0, 0.1) is 0 Å². The molecular formula is C2H5ClMgO6S2. The first-order valence-corrected chi connectivity index (χ1v) is 5.28. The van der Waals surface area contributed by atoms with Crippen molar-refractivity contribution >= 4 is 43.3 Å². The Morgan fingerprint density at radius 3 is 1.50 bits per heavy atom. The molecule has 0 bridgehead atoms. The van der Waals surface area contributed by atoms with Gasteiger partial charge in [0.25, 0.3) is 10.1 Å². The summed E-state index contributed by atoms with van der Waals surface area (Å²) >= 11 is 0. The van der Waals surface area contributed by atoms with Crippen molar-refractivity contribution in [2.24, 2.45) is 0 Å². The van der Waals surface area contributed by atoms with Crippen LogP contribution in [-0.4, -0.2) is 60.5 Å². The van der Waals surface area contributed by atoms with E-state index in [1.807, 2.05) is 0 Å². The molecule has 0 radical (unpaired) electrons. The van der Waals surface area contributed by atoms with Crippen LogP contribution < -0.4 is 12.4 Å². The van der Waals surface area contributed by atoms with E-state index in [1.165, 1.54) is 0 Å². The van der Waals surface area contributed by atoms with Gasteiger partial charge >= 0.3 is 23.1 Å². The van der Waals surface area contributed by atoms with Crippen LogP contribution in [0.5, 0.6) is 0 Å². The maximum Gasteiger partial charge on any atom is 2.00 e. The Hall–Kier alpha value is 0.876. The molecule has 0 saturated heterocycles. The van der Waals surface area contributed by atoms with Gasteiger partial charge in [0.15, 0.2) is 0 Å². The third-order valence-electron chi connectivity index (χ3n) is 0.591. The number of hydrogen-bond acceptors (Lipinski definition) is 5. The molecule has 6 nitrogen and oxygen atoms in total. The number of halogens is 1. The van der Waals surface area contributed by atoms with Gasteiger partial charge in [0, 0.05) is 0 Å². The molecule has 0 saturated carbocycles. The van der Waals surface area contributed by atoms with Crippen molar-refractivity contribution in [2.75, 3.05) is 11.5 Å². The zero-order valence-corrected chi connectivity index (χ0v) is 9.61. The summed E-state index contributed by atoms with van der Waals surface area (Å²) in [4.78, 5) is 0. The largest absolute Gasteiger partial charge is 2.00 e. The first-order chi connectivity index (χ1) is 4.21. The molecule has 12 heavy (non-hydrogen) atoms. The topological polar surface area (TPSA) is 112 Å². The van der Waals surface area contributed by atoms with Crippen LogP contribution in [0.25, 0.3) is 0 Å². The molecule has 0 spiro atoms. The van der Waals surface area contributed by atoms with Crippen molar-refractivity contribution in [2.45, 2.75) is 0 Å². The van der Waals surface area contributed by atoms with Crippen molar-refractivity contribution in [3.8, 4) is 0 Å². The summed E-state index contributed by atoms with van der Waals surface area (Å²) in [6.45, 7) is 0. The molecule has 0 aliphatic rings. The van der Waals surface area contributed by atoms with E-state index in [2.05, 4.69) is 0 Å². The predicted molar refractivity (Wildman–Crippen MR) is 36.7 cm³/mol. The molecule has 0 aliphatic carbocycles. The summed E-state index contributed by atoms with van der Waals surface area (Å²) in [5, 5.41) is 0. The Morgan fingerprint density at radius 2 is 1.42 bits per heavy atom. The first kappa shape index (κ1) is 18.6. The molecule has 10 heteroatoms. The minimum Gasteiger partial charge on any atom is -1.00 e. The van der Waals surface area contributed by atoms with Crippen LogP contribution >= 0.6 is 0 Å². The maximum absolute atomic E-state index is 9.83. The second kappa shape index (κ2) is 6.35. The van der Waals surface area contributed by atoms with E-state index in [9.17, 15) is 21.4 Å². The Bertz CT molecular complexity index is 260. The fourth-order valence-corrected chi connectivity index (χ4v) is 1.87. The first-order valence-electron chi connectivity index (χ1n) is 2.09. The third-order valence-corrected chi connectivity index (χ3v) is 2.27. The van der Waals surface area contributed by atoms with Gasteiger partial charge in [-0.15, -0.1) is 0 Å². The Balaban J connectivity index is -0.000000405. The van der Waals surface area contributed by atoms with Crippen molar-refractivity contribution in [1.82, 2.24) is 0 Å². The van der Waals surface area contributed by atoms with Crippen LogP contribution in [0.15, 0.2) is 0 Å². The molecule has 0 heterocycles. The second-order valence-electron chi connectivity index (χ2n) is 1.55. The van der Waals surface area contributed by atoms with E-state index >= 15 is 0 Å². The van der Waals surface area contributed by atoms with Gasteiger partial charge < -0.3 is 17.0 Å². The fourth-order valence-electron chi connectivity index (χ4n) is 0.207. The second-order valence-corrected chi connectivity index (χ2v) is 4.64. The quantitative estimate of drug-likeness (QED) is 0.396. The summed E-state index contributed by atoms with van der Waals surface area (Å²) in [5.41, 5.74) is 0. The number of rotatable bonds is 3. The standard InChI is InChI=1S/C2H6O6S2.ClH.Mg/c3-9(4,5)1-2-10(6,7)8;;/h1-2H2,(H,3,4,5)(H,6,7,8);1H;/q;;+2/p-2. The van der Waals surface area contributed by atoms with Gasteiger partial charge in [0.2, 0.25) is 0 Å². The zero-order chi connectivity index (χ0) is 8.41. The molecule has 0 aromatic rings. The average Bonchev–Trinajstić information content (AvgIpc) is 1.57. The summed E-state index contributed by atoms with van der Waals surface area (Å²) in [6.07, 6.45) is 0. The van der Waals surface area contributed by atoms with Gasteiger partial charge in [0.1, 0.15) is 0 Å². The number of hydrogen-bond donors (Lipinski definition) is 1. The smallest absolute Gasteiger partial charge is 1.00 e. The minimum absolute atomic E-state index is 0. The van der Waals surface area contributed by atoms with Crippen LogP contribution in [0.4, 0.5) is 0 Å². The van der Waals surface area contributed by atoms with Crippen molar-refractivity contribution < 1.29 is 38.3 Å². The van der Waals surface area contributed by atoms with Crippen LogP contribution in [0.2, 0.25) is 0 Å². The van der Waals surface area contributed by atoms with E-state index in [4.69, 9.17) is 4.55 Å². The molecule has 0 fully saturated rings. The predicted octanol–water partition coefficient (Wildman–Crippen LogP) is -4.96. The van der Waals surface area contributed by atoms with E-state index < -0.39 is 31.7 Å². The molecule has 0 amide bonds. The van der Waals surface area contributed by atoms with Crippen molar-refractivity contribution in [3.05, 3.63) is 0 Å². The summed E-state index contributed by atoms with van der Waals surface area (Å²) in [6, 6.07) is 0. The normalized spacial score (nSPS) is 11.2. The van der Waals surface area contributed by atoms with Crippen LogP contribution in [0.3, 0.4) is 0 Å². The molecule has 0 aliphatic heterocycles. The van der Waals surface area contributed by atoms with E-state index in [-0.39, 0.29) is 35.5 Å². The van der Waals surface area contributed by atoms with Crippen molar-refractivity contribution in [1.29, 1.82) is 0 Å². The van der Waals surface area contributed by atoms with E-state index in [0.29, 0.717) is 0 Å². The van der Waals surface area contributed by atoms with Gasteiger partial charge in [0.05, 0.1) is 21.6 Å². The van der Waals surface area contributed by atoms with Gasteiger partial charge in [-0.1, -0.05) is 0 Å². The molecule has 0 unspecified atom stereocenters.